The van der Waals surface area contributed by atoms with Crippen molar-refractivity contribution >= 4 is 5.91 Å². The fourth-order valence-corrected chi connectivity index (χ4v) is 1.87. The molecule has 0 unspecified atom stereocenters. The summed E-state index contributed by atoms with van der Waals surface area (Å²) in [6.07, 6.45) is 2.23. The predicted molar refractivity (Wildman–Crippen MR) is 69.1 cm³/mol. The number of hydrogen-bond donors (Lipinski definition) is 2. The molecule has 0 radical (unpaired) electrons. The van der Waals surface area contributed by atoms with Crippen molar-refractivity contribution in [3.05, 3.63) is 29.8 Å². The lowest BCUT2D eigenvalue weighted by Crippen LogP contribution is -2.25. The number of carbonyl (C=O) groups is 1. The van der Waals surface area contributed by atoms with Gasteiger partial charge in [-0.15, -0.1) is 0 Å². The number of nitrogens with one attached hydrogen (secondary N) is 1. The van der Waals surface area contributed by atoms with E-state index in [-0.39, 0.29) is 17.6 Å². The molecule has 17 heavy (non-hydrogen) atoms. The van der Waals surface area contributed by atoms with E-state index in [1.165, 1.54) is 0 Å². The van der Waals surface area contributed by atoms with E-state index in [9.17, 15) is 9.90 Å². The maximum atomic E-state index is 11.7. The van der Waals surface area contributed by atoms with Gasteiger partial charge in [0, 0.05) is 13.0 Å². The Hall–Kier alpha value is -1.51. The van der Waals surface area contributed by atoms with Crippen molar-refractivity contribution in [1.82, 2.24) is 5.32 Å². The summed E-state index contributed by atoms with van der Waals surface area (Å²) in [5.74, 6) is 0.428. The van der Waals surface area contributed by atoms with E-state index in [1.807, 2.05) is 26.0 Å². The number of phenolic OH excluding ortho intramolecular Hbond substituents is 1. The van der Waals surface area contributed by atoms with Crippen molar-refractivity contribution in [2.75, 3.05) is 6.54 Å². The summed E-state index contributed by atoms with van der Waals surface area (Å²) in [7, 11) is 0. The smallest absolute Gasteiger partial charge is 0.220 e. The van der Waals surface area contributed by atoms with Gasteiger partial charge >= 0.3 is 0 Å². The van der Waals surface area contributed by atoms with E-state index in [4.69, 9.17) is 0 Å². The van der Waals surface area contributed by atoms with Gasteiger partial charge in [0.1, 0.15) is 5.75 Å². The fourth-order valence-electron chi connectivity index (χ4n) is 1.87. The predicted octanol–water partition coefficient (Wildman–Crippen LogP) is 2.80. The van der Waals surface area contributed by atoms with Crippen LogP contribution in [0.3, 0.4) is 0 Å². The molecule has 2 N–H and O–H groups in total. The maximum absolute atomic E-state index is 11.7. The van der Waals surface area contributed by atoms with Crippen LogP contribution in [0, 0.1) is 0 Å². The topological polar surface area (TPSA) is 49.3 Å². The Bertz CT molecular complexity index is 363. The van der Waals surface area contributed by atoms with E-state index in [1.54, 1.807) is 12.1 Å². The van der Waals surface area contributed by atoms with Crippen LogP contribution in [-0.2, 0) is 4.79 Å². The van der Waals surface area contributed by atoms with Crippen molar-refractivity contribution in [3.63, 3.8) is 0 Å². The zero-order valence-electron chi connectivity index (χ0n) is 10.6. The molecule has 1 rings (SSSR count). The number of phenols is 1. The molecule has 0 saturated heterocycles. The Kier molecular flexibility index (Phi) is 5.53. The van der Waals surface area contributed by atoms with Gasteiger partial charge in [0.2, 0.25) is 5.91 Å². The van der Waals surface area contributed by atoms with Gasteiger partial charge in [-0.05, 0) is 30.4 Å². The number of rotatable bonds is 6. The Balaban J connectivity index is 2.66. The Morgan fingerprint density at radius 1 is 1.35 bits per heavy atom. The average Bonchev–Trinajstić information content (AvgIpc) is 2.34. The minimum atomic E-state index is 0.0574. The average molecular weight is 235 g/mol. The SMILES string of the molecule is CCCNC(=O)C[C@H](CC)c1ccccc1O. The molecule has 3 nitrogen and oxygen atoms in total. The lowest BCUT2D eigenvalue weighted by atomic mass is 9.92. The van der Waals surface area contributed by atoms with Crippen molar-refractivity contribution in [3.8, 4) is 5.75 Å². The summed E-state index contributed by atoms with van der Waals surface area (Å²) in [5, 5.41) is 12.6. The van der Waals surface area contributed by atoms with Crippen molar-refractivity contribution in [2.45, 2.75) is 39.0 Å². The molecule has 0 heterocycles. The molecule has 1 amide bonds. The minimum Gasteiger partial charge on any atom is -0.508 e. The van der Waals surface area contributed by atoms with Gasteiger partial charge in [-0.25, -0.2) is 0 Å². The van der Waals surface area contributed by atoms with Crippen molar-refractivity contribution < 1.29 is 9.90 Å². The third-order valence-corrected chi connectivity index (χ3v) is 2.87. The molecule has 0 spiro atoms. The molecular formula is C14H21NO2. The van der Waals surface area contributed by atoms with Gasteiger partial charge in [0.05, 0.1) is 0 Å². The van der Waals surface area contributed by atoms with Crippen LogP contribution in [0.15, 0.2) is 24.3 Å². The van der Waals surface area contributed by atoms with Crippen LogP contribution >= 0.6 is 0 Å². The highest BCUT2D eigenvalue weighted by atomic mass is 16.3. The number of para-hydroxylation sites is 1. The summed E-state index contributed by atoms with van der Waals surface area (Å²) in [6, 6.07) is 7.24. The van der Waals surface area contributed by atoms with Gasteiger partial charge in [0.25, 0.3) is 0 Å². The molecule has 0 aliphatic carbocycles. The number of amides is 1. The van der Waals surface area contributed by atoms with Crippen LogP contribution < -0.4 is 5.32 Å². The first kappa shape index (κ1) is 13.6. The van der Waals surface area contributed by atoms with Crippen LogP contribution in [0.1, 0.15) is 44.6 Å². The van der Waals surface area contributed by atoms with Gasteiger partial charge in [0.15, 0.2) is 0 Å². The van der Waals surface area contributed by atoms with E-state index in [0.717, 1.165) is 24.9 Å². The molecule has 0 aromatic heterocycles. The maximum Gasteiger partial charge on any atom is 0.220 e. The summed E-state index contributed by atoms with van der Waals surface area (Å²) in [6.45, 7) is 4.78. The summed E-state index contributed by atoms with van der Waals surface area (Å²) >= 11 is 0. The summed E-state index contributed by atoms with van der Waals surface area (Å²) < 4.78 is 0. The monoisotopic (exact) mass is 235 g/mol. The number of benzene rings is 1. The quantitative estimate of drug-likeness (QED) is 0.796. The highest BCUT2D eigenvalue weighted by molar-refractivity contribution is 5.77. The molecule has 0 aliphatic rings. The molecule has 1 aromatic carbocycles. The molecule has 0 fully saturated rings. The molecule has 0 aliphatic heterocycles. The number of carbonyl (C=O) groups excluding carboxylic acids is 1. The summed E-state index contributed by atoms with van der Waals surface area (Å²) in [4.78, 5) is 11.7. The first-order chi connectivity index (χ1) is 8.19. The van der Waals surface area contributed by atoms with Crippen molar-refractivity contribution in [2.24, 2.45) is 0 Å². The normalized spacial score (nSPS) is 12.1. The van der Waals surface area contributed by atoms with Crippen LogP contribution in [0.2, 0.25) is 0 Å². The lowest BCUT2D eigenvalue weighted by molar-refractivity contribution is -0.121. The molecule has 94 valence electrons. The number of hydrogen-bond acceptors (Lipinski definition) is 2. The molecule has 1 atom stereocenters. The Labute approximate surface area is 103 Å². The first-order valence-electron chi connectivity index (χ1n) is 6.23. The van der Waals surface area contributed by atoms with Gasteiger partial charge < -0.3 is 10.4 Å². The zero-order chi connectivity index (χ0) is 12.7. The fraction of sp³-hybridized carbons (Fsp3) is 0.500. The molecule has 0 saturated carbocycles. The summed E-state index contributed by atoms with van der Waals surface area (Å²) in [5.41, 5.74) is 0.863. The van der Waals surface area contributed by atoms with Crippen LogP contribution in [0.4, 0.5) is 0 Å². The van der Waals surface area contributed by atoms with E-state index in [2.05, 4.69) is 5.32 Å². The minimum absolute atomic E-state index is 0.0574. The first-order valence-corrected chi connectivity index (χ1v) is 6.23. The standard InChI is InChI=1S/C14H21NO2/c1-3-9-15-14(17)10-11(4-2)12-7-5-6-8-13(12)16/h5-8,11,16H,3-4,9-10H2,1-2H3,(H,15,17)/t11-/m0/s1. The van der Waals surface area contributed by atoms with E-state index in [0.29, 0.717) is 6.42 Å². The largest absolute Gasteiger partial charge is 0.508 e. The number of aromatic hydroxyl groups is 1. The zero-order valence-corrected chi connectivity index (χ0v) is 10.6. The second-order valence-electron chi connectivity index (χ2n) is 4.22. The Morgan fingerprint density at radius 2 is 2.06 bits per heavy atom. The second-order valence-corrected chi connectivity index (χ2v) is 4.22. The molecule has 0 bridgehead atoms. The van der Waals surface area contributed by atoms with Gasteiger partial charge in [-0.1, -0.05) is 32.0 Å². The highest BCUT2D eigenvalue weighted by Crippen LogP contribution is 2.30. The van der Waals surface area contributed by atoms with Gasteiger partial charge in [-0.3, -0.25) is 4.79 Å². The second kappa shape index (κ2) is 6.94. The third-order valence-electron chi connectivity index (χ3n) is 2.87. The van der Waals surface area contributed by atoms with E-state index >= 15 is 0 Å². The van der Waals surface area contributed by atoms with Gasteiger partial charge in [-0.2, -0.15) is 0 Å². The highest BCUT2D eigenvalue weighted by Gasteiger charge is 2.16. The lowest BCUT2D eigenvalue weighted by Gasteiger charge is -2.16. The van der Waals surface area contributed by atoms with Crippen LogP contribution in [0.5, 0.6) is 5.75 Å². The third kappa shape index (κ3) is 4.10. The molecule has 3 heteroatoms. The van der Waals surface area contributed by atoms with Crippen LogP contribution in [0.25, 0.3) is 0 Å². The Morgan fingerprint density at radius 3 is 2.65 bits per heavy atom. The molecule has 1 aromatic rings. The van der Waals surface area contributed by atoms with E-state index < -0.39 is 0 Å². The van der Waals surface area contributed by atoms with Crippen LogP contribution in [-0.4, -0.2) is 17.6 Å². The molecular weight excluding hydrogens is 214 g/mol. The van der Waals surface area contributed by atoms with Crippen molar-refractivity contribution in [1.29, 1.82) is 0 Å².